The number of ketones is 1. The van der Waals surface area contributed by atoms with Gasteiger partial charge in [-0.15, -0.1) is 0 Å². The number of hydrogen-bond acceptors (Lipinski definition) is 3. The number of aromatic nitrogens is 2. The van der Waals surface area contributed by atoms with Crippen LogP contribution in [0.15, 0.2) is 12.4 Å². The van der Waals surface area contributed by atoms with Crippen molar-refractivity contribution in [3.63, 3.8) is 0 Å². The number of imidazole rings is 1. The van der Waals surface area contributed by atoms with Crippen LogP contribution in [0.4, 0.5) is 0 Å². The number of carbonyl (C=O) groups is 1. The molecule has 0 fully saturated rings. The summed E-state index contributed by atoms with van der Waals surface area (Å²) in [7, 11) is 0. The van der Waals surface area contributed by atoms with E-state index in [-0.39, 0.29) is 0 Å². The van der Waals surface area contributed by atoms with Crippen molar-refractivity contribution in [2.75, 3.05) is 13.1 Å². The normalized spacial score (nSPS) is 16.3. The van der Waals surface area contributed by atoms with Gasteiger partial charge in [-0.2, -0.15) is 0 Å². The third-order valence-corrected chi connectivity index (χ3v) is 2.75. The molecule has 4 nitrogen and oxygen atoms in total. The molecule has 1 aliphatic rings. The Morgan fingerprint density at radius 2 is 2.40 bits per heavy atom. The van der Waals surface area contributed by atoms with E-state index in [1.54, 1.807) is 0 Å². The molecule has 0 spiro atoms. The van der Waals surface area contributed by atoms with E-state index in [0.29, 0.717) is 18.7 Å². The molecule has 0 aromatic carbocycles. The first-order valence-electron chi connectivity index (χ1n) is 5.53. The molecule has 0 bridgehead atoms. The number of hydrogen-bond donors (Lipinski definition) is 0. The third-order valence-electron chi connectivity index (χ3n) is 2.75. The lowest BCUT2D eigenvalue weighted by atomic mass is 10.2. The fourth-order valence-electron chi connectivity index (χ4n) is 1.97. The van der Waals surface area contributed by atoms with Crippen molar-refractivity contribution in [1.29, 1.82) is 0 Å². The fraction of sp³-hybridized carbons (Fsp3) is 0.636. The Hall–Kier alpha value is -1.16. The lowest BCUT2D eigenvalue weighted by molar-refractivity contribution is -0.120. The summed E-state index contributed by atoms with van der Waals surface area (Å²) < 4.78 is 2.15. The van der Waals surface area contributed by atoms with Gasteiger partial charge in [-0.3, -0.25) is 9.69 Å². The minimum Gasteiger partial charge on any atom is -0.333 e. The standard InChI is InChI=1S/C11H17N3O/c1-2-3-10(15)8-13-6-7-14-5-4-12-11(14)9-13/h4-5H,2-3,6-9H2,1H3. The SMILES string of the molecule is CCCC(=O)CN1CCn2ccnc2C1. The average Bonchev–Trinajstić information content (AvgIpc) is 2.65. The zero-order valence-electron chi connectivity index (χ0n) is 9.15. The minimum absolute atomic E-state index is 0.345. The molecule has 0 saturated heterocycles. The smallest absolute Gasteiger partial charge is 0.146 e. The van der Waals surface area contributed by atoms with E-state index in [0.717, 1.165) is 31.9 Å². The maximum absolute atomic E-state index is 11.5. The molecule has 0 atom stereocenters. The van der Waals surface area contributed by atoms with Crippen molar-refractivity contribution >= 4 is 5.78 Å². The third kappa shape index (κ3) is 2.45. The largest absolute Gasteiger partial charge is 0.333 e. The van der Waals surface area contributed by atoms with Gasteiger partial charge in [0.25, 0.3) is 0 Å². The molecule has 2 heterocycles. The first kappa shape index (κ1) is 10.4. The summed E-state index contributed by atoms with van der Waals surface area (Å²) in [6, 6.07) is 0. The number of nitrogens with zero attached hydrogens (tertiary/aromatic N) is 3. The predicted octanol–water partition coefficient (Wildman–Crippen LogP) is 1.07. The van der Waals surface area contributed by atoms with Crippen LogP contribution in [0, 0.1) is 0 Å². The zero-order valence-corrected chi connectivity index (χ0v) is 9.15. The van der Waals surface area contributed by atoms with E-state index in [9.17, 15) is 4.79 Å². The van der Waals surface area contributed by atoms with E-state index in [4.69, 9.17) is 0 Å². The molecular weight excluding hydrogens is 190 g/mol. The Morgan fingerprint density at radius 3 is 3.20 bits per heavy atom. The Balaban J connectivity index is 1.90. The summed E-state index contributed by atoms with van der Waals surface area (Å²) in [5, 5.41) is 0. The van der Waals surface area contributed by atoms with Gasteiger partial charge < -0.3 is 4.57 Å². The summed E-state index contributed by atoms with van der Waals surface area (Å²) in [6.45, 7) is 5.34. The second-order valence-electron chi connectivity index (χ2n) is 4.04. The van der Waals surface area contributed by atoms with Crippen molar-refractivity contribution in [2.24, 2.45) is 0 Å². The molecule has 1 aliphatic heterocycles. The molecular formula is C11H17N3O. The molecule has 1 aromatic rings. The van der Waals surface area contributed by atoms with E-state index in [2.05, 4.69) is 14.5 Å². The molecule has 0 saturated carbocycles. The van der Waals surface area contributed by atoms with E-state index < -0.39 is 0 Å². The van der Waals surface area contributed by atoms with Crippen LogP contribution in [0.1, 0.15) is 25.6 Å². The first-order chi connectivity index (χ1) is 7.29. The van der Waals surface area contributed by atoms with Gasteiger partial charge in [-0.05, 0) is 6.42 Å². The molecule has 1 aromatic heterocycles. The second-order valence-corrected chi connectivity index (χ2v) is 4.04. The molecule has 0 amide bonds. The maximum Gasteiger partial charge on any atom is 0.146 e. The van der Waals surface area contributed by atoms with E-state index in [1.807, 2.05) is 19.3 Å². The summed E-state index contributed by atoms with van der Waals surface area (Å²) in [5.74, 6) is 1.42. The Bertz CT molecular complexity index is 345. The molecule has 2 rings (SSSR count). The van der Waals surface area contributed by atoms with Gasteiger partial charge in [0.1, 0.15) is 11.6 Å². The molecule has 0 N–H and O–H groups in total. The number of rotatable bonds is 4. The summed E-state index contributed by atoms with van der Waals surface area (Å²) in [6.07, 6.45) is 5.47. The van der Waals surface area contributed by atoms with Crippen molar-refractivity contribution in [3.05, 3.63) is 18.2 Å². The van der Waals surface area contributed by atoms with Crippen LogP contribution in [-0.4, -0.2) is 33.3 Å². The second kappa shape index (κ2) is 4.57. The molecule has 4 heteroatoms. The Kier molecular flexibility index (Phi) is 3.16. The van der Waals surface area contributed by atoms with Crippen molar-refractivity contribution in [1.82, 2.24) is 14.5 Å². The number of carbonyl (C=O) groups excluding carboxylic acids is 1. The Morgan fingerprint density at radius 1 is 1.53 bits per heavy atom. The van der Waals surface area contributed by atoms with Crippen molar-refractivity contribution in [3.8, 4) is 0 Å². The molecule has 82 valence electrons. The number of fused-ring (bicyclic) bond motifs is 1. The molecule has 15 heavy (non-hydrogen) atoms. The highest BCUT2D eigenvalue weighted by molar-refractivity contribution is 5.80. The van der Waals surface area contributed by atoms with Crippen molar-refractivity contribution in [2.45, 2.75) is 32.9 Å². The van der Waals surface area contributed by atoms with Gasteiger partial charge in [-0.1, -0.05) is 6.92 Å². The summed E-state index contributed by atoms with van der Waals surface area (Å²) in [5.41, 5.74) is 0. The molecule has 0 radical (unpaired) electrons. The number of Topliss-reactive ketones (excluding diaryl/α,β-unsaturated/α-hetero) is 1. The lowest BCUT2D eigenvalue weighted by Gasteiger charge is -2.26. The van der Waals surface area contributed by atoms with Gasteiger partial charge in [-0.25, -0.2) is 4.98 Å². The predicted molar refractivity (Wildman–Crippen MR) is 57.4 cm³/mol. The highest BCUT2D eigenvalue weighted by Crippen LogP contribution is 2.10. The zero-order chi connectivity index (χ0) is 10.7. The quantitative estimate of drug-likeness (QED) is 0.741. The fourth-order valence-corrected chi connectivity index (χ4v) is 1.97. The van der Waals surface area contributed by atoms with Gasteiger partial charge in [0.2, 0.25) is 0 Å². The van der Waals surface area contributed by atoms with Crippen LogP contribution in [-0.2, 0) is 17.9 Å². The molecule has 0 aliphatic carbocycles. The highest BCUT2D eigenvalue weighted by Gasteiger charge is 2.17. The van der Waals surface area contributed by atoms with Gasteiger partial charge in [0.05, 0.1) is 13.1 Å². The van der Waals surface area contributed by atoms with Crippen molar-refractivity contribution < 1.29 is 4.79 Å². The van der Waals surface area contributed by atoms with Crippen LogP contribution >= 0.6 is 0 Å². The van der Waals surface area contributed by atoms with Gasteiger partial charge in [0.15, 0.2) is 0 Å². The maximum atomic E-state index is 11.5. The van der Waals surface area contributed by atoms with E-state index in [1.165, 1.54) is 0 Å². The first-order valence-corrected chi connectivity index (χ1v) is 5.53. The average molecular weight is 207 g/mol. The summed E-state index contributed by atoms with van der Waals surface area (Å²) >= 11 is 0. The monoisotopic (exact) mass is 207 g/mol. The topological polar surface area (TPSA) is 38.1 Å². The van der Waals surface area contributed by atoms with Crippen LogP contribution < -0.4 is 0 Å². The van der Waals surface area contributed by atoms with Crippen LogP contribution in [0.3, 0.4) is 0 Å². The van der Waals surface area contributed by atoms with Gasteiger partial charge in [0, 0.05) is 31.9 Å². The lowest BCUT2D eigenvalue weighted by Crippen LogP contribution is -2.37. The van der Waals surface area contributed by atoms with E-state index >= 15 is 0 Å². The van der Waals surface area contributed by atoms with Crippen LogP contribution in [0.5, 0.6) is 0 Å². The van der Waals surface area contributed by atoms with Gasteiger partial charge >= 0.3 is 0 Å². The highest BCUT2D eigenvalue weighted by atomic mass is 16.1. The minimum atomic E-state index is 0.345. The Labute approximate surface area is 89.9 Å². The molecule has 0 unspecified atom stereocenters. The summed E-state index contributed by atoms with van der Waals surface area (Å²) in [4.78, 5) is 17.9. The van der Waals surface area contributed by atoms with Crippen LogP contribution in [0.2, 0.25) is 0 Å². The van der Waals surface area contributed by atoms with Crippen LogP contribution in [0.25, 0.3) is 0 Å².